The highest BCUT2D eigenvalue weighted by Gasteiger charge is 2.21. The Morgan fingerprint density at radius 1 is 1.55 bits per heavy atom. The zero-order chi connectivity index (χ0) is 15.2. The third kappa shape index (κ3) is 5.56. The number of thioether (sulfide) groups is 1. The Kier molecular flexibility index (Phi) is 9.08. The van der Waals surface area contributed by atoms with Gasteiger partial charge in [-0.05, 0) is 6.42 Å². The van der Waals surface area contributed by atoms with Crippen molar-refractivity contribution in [3.63, 3.8) is 0 Å². The minimum Gasteiger partial charge on any atom is -0.351 e. The summed E-state index contributed by atoms with van der Waals surface area (Å²) in [5.41, 5.74) is 1.11. The summed E-state index contributed by atoms with van der Waals surface area (Å²) in [5, 5.41) is 7.55. The van der Waals surface area contributed by atoms with Gasteiger partial charge in [-0.25, -0.2) is 4.98 Å². The lowest BCUT2D eigenvalue weighted by Crippen LogP contribution is -2.47. The van der Waals surface area contributed by atoms with Gasteiger partial charge in [-0.1, -0.05) is 20.8 Å². The van der Waals surface area contributed by atoms with E-state index in [-0.39, 0.29) is 24.0 Å². The molecule has 126 valence electrons. The van der Waals surface area contributed by atoms with Crippen LogP contribution in [0.3, 0.4) is 0 Å². The van der Waals surface area contributed by atoms with E-state index in [4.69, 9.17) is 0 Å². The summed E-state index contributed by atoms with van der Waals surface area (Å²) in [6.07, 6.45) is 1.22. The second-order valence-corrected chi connectivity index (χ2v) is 7.88. The van der Waals surface area contributed by atoms with Crippen LogP contribution in [0.5, 0.6) is 0 Å². The molecule has 1 saturated heterocycles. The fourth-order valence-corrected chi connectivity index (χ4v) is 4.34. The number of nitrogens with one attached hydrogen (secondary N) is 1. The molecule has 0 amide bonds. The number of nitrogens with zero attached hydrogens (tertiary/aromatic N) is 3. The van der Waals surface area contributed by atoms with E-state index in [0.29, 0.717) is 5.92 Å². The van der Waals surface area contributed by atoms with Crippen LogP contribution in [0, 0.1) is 0 Å². The van der Waals surface area contributed by atoms with E-state index in [9.17, 15) is 0 Å². The van der Waals surface area contributed by atoms with Crippen molar-refractivity contribution in [2.24, 2.45) is 4.99 Å². The molecule has 2 heterocycles. The standard InChI is InChI=1S/C15H26N4S2.HI/c1-5-13-9-19(6-7-20-13)15(16-4)17-8-12-10-21-14(18-12)11(2)3;/h10-11,13H,5-9H2,1-4H3,(H,16,17);1H. The highest BCUT2D eigenvalue weighted by atomic mass is 127. The molecule has 0 aromatic carbocycles. The normalized spacial score (nSPS) is 19.2. The molecule has 0 spiro atoms. The molecule has 22 heavy (non-hydrogen) atoms. The first-order valence-electron chi connectivity index (χ1n) is 7.65. The van der Waals surface area contributed by atoms with Crippen LogP contribution in [0.15, 0.2) is 10.4 Å². The van der Waals surface area contributed by atoms with Crippen LogP contribution in [0.4, 0.5) is 0 Å². The first kappa shape index (κ1) is 20.0. The lowest BCUT2D eigenvalue weighted by Gasteiger charge is -2.34. The van der Waals surface area contributed by atoms with E-state index in [1.165, 1.54) is 17.2 Å². The molecule has 1 unspecified atom stereocenters. The second-order valence-electron chi connectivity index (χ2n) is 5.58. The molecule has 7 heteroatoms. The molecule has 1 aromatic rings. The molecular formula is C15H27IN4S2. The summed E-state index contributed by atoms with van der Waals surface area (Å²) in [5.74, 6) is 2.70. The maximum atomic E-state index is 4.67. The fraction of sp³-hybridized carbons (Fsp3) is 0.733. The highest BCUT2D eigenvalue weighted by Crippen LogP contribution is 2.21. The Hall–Kier alpha value is -0.0200. The number of guanidine groups is 1. The van der Waals surface area contributed by atoms with Gasteiger partial charge in [0.1, 0.15) is 0 Å². The van der Waals surface area contributed by atoms with Gasteiger partial charge in [-0.15, -0.1) is 35.3 Å². The summed E-state index contributed by atoms with van der Waals surface area (Å²) in [6.45, 7) is 9.57. The molecule has 1 aliphatic heterocycles. The maximum Gasteiger partial charge on any atom is 0.194 e. The summed E-state index contributed by atoms with van der Waals surface area (Å²) in [7, 11) is 1.87. The van der Waals surface area contributed by atoms with Gasteiger partial charge < -0.3 is 10.2 Å². The van der Waals surface area contributed by atoms with Gasteiger partial charge in [-0.3, -0.25) is 4.99 Å². The number of thiazole rings is 1. The van der Waals surface area contributed by atoms with Crippen molar-refractivity contribution in [2.75, 3.05) is 25.9 Å². The molecule has 1 atom stereocenters. The first-order chi connectivity index (χ1) is 10.1. The zero-order valence-corrected chi connectivity index (χ0v) is 17.8. The van der Waals surface area contributed by atoms with Crippen molar-refractivity contribution in [3.8, 4) is 0 Å². The van der Waals surface area contributed by atoms with Crippen molar-refractivity contribution in [2.45, 2.75) is 44.9 Å². The molecule has 0 bridgehead atoms. The minimum absolute atomic E-state index is 0. The van der Waals surface area contributed by atoms with Crippen LogP contribution >= 0.6 is 47.1 Å². The monoisotopic (exact) mass is 454 g/mol. The topological polar surface area (TPSA) is 40.5 Å². The molecule has 1 fully saturated rings. The predicted octanol–water partition coefficient (Wildman–Crippen LogP) is 3.79. The average Bonchev–Trinajstić information content (AvgIpc) is 2.97. The molecule has 0 aliphatic carbocycles. The van der Waals surface area contributed by atoms with Crippen LogP contribution in [0.1, 0.15) is 43.8 Å². The van der Waals surface area contributed by atoms with Gasteiger partial charge in [0, 0.05) is 42.4 Å². The van der Waals surface area contributed by atoms with E-state index in [1.54, 1.807) is 11.3 Å². The Morgan fingerprint density at radius 3 is 2.91 bits per heavy atom. The van der Waals surface area contributed by atoms with Crippen LogP contribution in [0.25, 0.3) is 0 Å². The first-order valence-corrected chi connectivity index (χ1v) is 9.58. The number of aliphatic imine (C=N–C) groups is 1. The predicted molar refractivity (Wildman–Crippen MR) is 110 cm³/mol. The van der Waals surface area contributed by atoms with Crippen LogP contribution in [-0.4, -0.2) is 47.0 Å². The van der Waals surface area contributed by atoms with E-state index in [1.807, 2.05) is 7.05 Å². The minimum atomic E-state index is 0. The largest absolute Gasteiger partial charge is 0.351 e. The summed E-state index contributed by atoms with van der Waals surface area (Å²) < 4.78 is 0. The Morgan fingerprint density at radius 2 is 2.32 bits per heavy atom. The smallest absolute Gasteiger partial charge is 0.194 e. The van der Waals surface area contributed by atoms with Crippen molar-refractivity contribution >= 4 is 53.0 Å². The van der Waals surface area contributed by atoms with Crippen LogP contribution < -0.4 is 5.32 Å². The fourth-order valence-electron chi connectivity index (χ4n) is 2.33. The SMILES string of the molecule is CCC1CN(C(=NC)NCc2csc(C(C)C)n2)CCS1.I. The van der Waals surface area contributed by atoms with E-state index >= 15 is 0 Å². The van der Waals surface area contributed by atoms with Gasteiger partial charge in [0.2, 0.25) is 0 Å². The number of aromatic nitrogens is 1. The van der Waals surface area contributed by atoms with E-state index < -0.39 is 0 Å². The molecule has 2 rings (SSSR count). The average molecular weight is 454 g/mol. The molecule has 0 radical (unpaired) electrons. The lowest BCUT2D eigenvalue weighted by molar-refractivity contribution is 0.408. The summed E-state index contributed by atoms with van der Waals surface area (Å²) in [6, 6.07) is 0. The van der Waals surface area contributed by atoms with Crippen molar-refractivity contribution in [1.82, 2.24) is 15.2 Å². The molecule has 1 aliphatic rings. The van der Waals surface area contributed by atoms with Gasteiger partial charge in [0.15, 0.2) is 5.96 Å². The van der Waals surface area contributed by atoms with Gasteiger partial charge in [0.25, 0.3) is 0 Å². The summed E-state index contributed by atoms with van der Waals surface area (Å²) in [4.78, 5) is 11.5. The molecular weight excluding hydrogens is 427 g/mol. The molecule has 0 saturated carbocycles. The van der Waals surface area contributed by atoms with Crippen LogP contribution in [-0.2, 0) is 6.54 Å². The third-order valence-corrected chi connectivity index (χ3v) is 6.16. The molecule has 1 aromatic heterocycles. The quantitative estimate of drug-likeness (QED) is 0.427. The third-order valence-electron chi connectivity index (χ3n) is 3.60. The van der Waals surface area contributed by atoms with Gasteiger partial charge in [-0.2, -0.15) is 11.8 Å². The Balaban J connectivity index is 0.00000242. The van der Waals surface area contributed by atoms with Crippen molar-refractivity contribution < 1.29 is 0 Å². The maximum absolute atomic E-state index is 4.67. The lowest BCUT2D eigenvalue weighted by atomic mass is 10.2. The Bertz CT molecular complexity index is 476. The van der Waals surface area contributed by atoms with Crippen molar-refractivity contribution in [3.05, 3.63) is 16.1 Å². The van der Waals surface area contributed by atoms with E-state index in [0.717, 1.165) is 36.5 Å². The molecule has 4 nitrogen and oxygen atoms in total. The number of rotatable bonds is 4. The van der Waals surface area contributed by atoms with Gasteiger partial charge >= 0.3 is 0 Å². The highest BCUT2D eigenvalue weighted by molar-refractivity contribution is 14.0. The number of halogens is 1. The number of hydrogen-bond acceptors (Lipinski definition) is 4. The Labute approximate surface area is 159 Å². The molecule has 1 N–H and O–H groups in total. The second kappa shape index (κ2) is 9.97. The van der Waals surface area contributed by atoms with Crippen LogP contribution in [0.2, 0.25) is 0 Å². The summed E-state index contributed by atoms with van der Waals surface area (Å²) >= 11 is 3.83. The van der Waals surface area contributed by atoms with Gasteiger partial charge in [0.05, 0.1) is 17.2 Å². The van der Waals surface area contributed by atoms with Crippen molar-refractivity contribution in [1.29, 1.82) is 0 Å². The van der Waals surface area contributed by atoms with E-state index in [2.05, 4.69) is 58.1 Å². The zero-order valence-electron chi connectivity index (χ0n) is 13.8. The number of hydrogen-bond donors (Lipinski definition) is 1.